The van der Waals surface area contributed by atoms with Gasteiger partial charge in [-0.2, -0.15) is 0 Å². The van der Waals surface area contributed by atoms with Gasteiger partial charge in [0, 0.05) is 17.5 Å². The molecule has 8 nitrogen and oxygen atoms in total. The molecule has 0 saturated carbocycles. The van der Waals surface area contributed by atoms with Gasteiger partial charge in [-0.25, -0.2) is 0 Å². The summed E-state index contributed by atoms with van der Waals surface area (Å²) in [5.41, 5.74) is 0.778. The number of nitrogens with zero attached hydrogens (tertiary/aromatic N) is 1. The number of thioether (sulfide) groups is 1. The highest BCUT2D eigenvalue weighted by molar-refractivity contribution is 8.00. The number of hydrogen-bond acceptors (Lipinski definition) is 6. The minimum absolute atomic E-state index is 0.0201. The van der Waals surface area contributed by atoms with Crippen molar-refractivity contribution >= 4 is 41.1 Å². The molecule has 1 aromatic rings. The van der Waals surface area contributed by atoms with Crippen LogP contribution in [0.2, 0.25) is 0 Å². The van der Waals surface area contributed by atoms with E-state index in [0.717, 1.165) is 10.6 Å². The smallest absolute Gasteiger partial charge is 0.308 e. The van der Waals surface area contributed by atoms with Crippen molar-refractivity contribution in [2.75, 3.05) is 30.3 Å². The molecule has 0 atom stereocenters. The van der Waals surface area contributed by atoms with Crippen molar-refractivity contribution in [3.05, 3.63) is 24.3 Å². The zero-order valence-electron chi connectivity index (χ0n) is 15.3. The molecular formula is C18H23N3O5S. The van der Waals surface area contributed by atoms with Gasteiger partial charge in [0.05, 0.1) is 24.4 Å². The molecule has 1 aliphatic heterocycles. The normalized spacial score (nSPS) is 13.1. The van der Waals surface area contributed by atoms with Gasteiger partial charge in [0.2, 0.25) is 11.8 Å². The summed E-state index contributed by atoms with van der Waals surface area (Å²) in [4.78, 5) is 49.6. The van der Waals surface area contributed by atoms with Gasteiger partial charge in [-0.05, 0) is 26.0 Å². The van der Waals surface area contributed by atoms with E-state index >= 15 is 0 Å². The molecule has 9 heteroatoms. The van der Waals surface area contributed by atoms with Gasteiger partial charge in [0.25, 0.3) is 5.91 Å². The van der Waals surface area contributed by atoms with E-state index in [4.69, 9.17) is 4.74 Å². The molecule has 1 aromatic carbocycles. The van der Waals surface area contributed by atoms with E-state index in [9.17, 15) is 19.2 Å². The maximum Gasteiger partial charge on any atom is 0.308 e. The van der Waals surface area contributed by atoms with Crippen LogP contribution in [0.5, 0.6) is 0 Å². The zero-order valence-corrected chi connectivity index (χ0v) is 16.1. The number of benzene rings is 1. The number of carbonyl (C=O) groups excluding carboxylic acids is 4. The SMILES string of the molecule is CC(C)NC(=O)CNC(=O)COC(=O)CCN1C(=O)CSc2ccccc21. The fraction of sp³-hybridized carbons (Fsp3) is 0.444. The molecule has 0 fully saturated rings. The van der Waals surface area contributed by atoms with Gasteiger partial charge >= 0.3 is 5.97 Å². The topological polar surface area (TPSA) is 105 Å². The minimum Gasteiger partial charge on any atom is -0.456 e. The number of esters is 1. The molecule has 0 unspecified atom stereocenters. The Balaban J connectivity index is 1.73. The second-order valence-electron chi connectivity index (χ2n) is 6.21. The summed E-state index contributed by atoms with van der Waals surface area (Å²) < 4.78 is 4.91. The van der Waals surface area contributed by atoms with E-state index in [-0.39, 0.29) is 37.4 Å². The van der Waals surface area contributed by atoms with Crippen LogP contribution in [0.1, 0.15) is 20.3 Å². The Labute approximate surface area is 162 Å². The Morgan fingerprint density at radius 2 is 1.96 bits per heavy atom. The lowest BCUT2D eigenvalue weighted by atomic mass is 10.2. The van der Waals surface area contributed by atoms with Gasteiger partial charge in [0.1, 0.15) is 0 Å². The molecule has 146 valence electrons. The van der Waals surface area contributed by atoms with Gasteiger partial charge in [-0.3, -0.25) is 19.2 Å². The number of para-hydroxylation sites is 1. The fourth-order valence-electron chi connectivity index (χ4n) is 2.42. The van der Waals surface area contributed by atoms with Crippen LogP contribution in [0.3, 0.4) is 0 Å². The zero-order chi connectivity index (χ0) is 19.8. The Hall–Kier alpha value is -2.55. The second-order valence-corrected chi connectivity index (χ2v) is 7.23. The van der Waals surface area contributed by atoms with Crippen molar-refractivity contribution in [2.24, 2.45) is 0 Å². The molecule has 0 aliphatic carbocycles. The van der Waals surface area contributed by atoms with Crippen LogP contribution < -0.4 is 15.5 Å². The van der Waals surface area contributed by atoms with E-state index < -0.39 is 18.5 Å². The molecule has 0 saturated heterocycles. The third-order valence-electron chi connectivity index (χ3n) is 3.61. The Bertz CT molecular complexity index is 723. The average molecular weight is 393 g/mol. The number of carbonyl (C=O) groups is 4. The van der Waals surface area contributed by atoms with Crippen LogP contribution in [-0.2, 0) is 23.9 Å². The summed E-state index contributed by atoms with van der Waals surface area (Å²) in [6.45, 7) is 3.17. The lowest BCUT2D eigenvalue weighted by Crippen LogP contribution is -2.41. The average Bonchev–Trinajstić information content (AvgIpc) is 2.63. The van der Waals surface area contributed by atoms with E-state index in [1.807, 2.05) is 38.1 Å². The summed E-state index contributed by atoms with van der Waals surface area (Å²) in [5, 5.41) is 5.00. The molecule has 2 N–H and O–H groups in total. The number of hydrogen-bond donors (Lipinski definition) is 2. The Morgan fingerprint density at radius 3 is 2.70 bits per heavy atom. The Kier molecular flexibility index (Phi) is 7.66. The lowest BCUT2D eigenvalue weighted by Gasteiger charge is -2.28. The number of ether oxygens (including phenoxy) is 1. The van der Waals surface area contributed by atoms with E-state index in [1.165, 1.54) is 11.8 Å². The predicted octanol–water partition coefficient (Wildman–Crippen LogP) is 0.699. The molecule has 0 radical (unpaired) electrons. The Morgan fingerprint density at radius 1 is 1.22 bits per heavy atom. The molecular weight excluding hydrogens is 370 g/mol. The van der Waals surface area contributed by atoms with Crippen LogP contribution in [0.4, 0.5) is 5.69 Å². The van der Waals surface area contributed by atoms with Crippen molar-refractivity contribution in [3.8, 4) is 0 Å². The number of anilines is 1. The summed E-state index contributed by atoms with van der Waals surface area (Å²) in [6, 6.07) is 7.48. The number of amides is 3. The number of nitrogens with one attached hydrogen (secondary N) is 2. The van der Waals surface area contributed by atoms with Crippen molar-refractivity contribution in [1.29, 1.82) is 0 Å². The first-order valence-corrected chi connectivity index (χ1v) is 9.59. The van der Waals surface area contributed by atoms with Gasteiger partial charge in [-0.15, -0.1) is 11.8 Å². The lowest BCUT2D eigenvalue weighted by molar-refractivity contribution is -0.148. The third-order valence-corrected chi connectivity index (χ3v) is 4.66. The molecule has 2 rings (SSSR count). The highest BCUT2D eigenvalue weighted by atomic mass is 32.2. The first-order chi connectivity index (χ1) is 12.9. The highest BCUT2D eigenvalue weighted by Crippen LogP contribution is 2.34. The van der Waals surface area contributed by atoms with Crippen LogP contribution in [0, 0.1) is 0 Å². The van der Waals surface area contributed by atoms with E-state index in [0.29, 0.717) is 5.75 Å². The first-order valence-electron chi connectivity index (χ1n) is 8.60. The standard InChI is InChI=1S/C18H23N3O5S/c1-12(2)20-15(22)9-19-16(23)10-26-18(25)7-8-21-13-5-3-4-6-14(13)27-11-17(21)24/h3-6,12H,7-11H2,1-2H3,(H,19,23)(H,20,22). The second kappa shape index (κ2) is 9.96. The fourth-order valence-corrected chi connectivity index (χ4v) is 3.36. The van der Waals surface area contributed by atoms with Crippen LogP contribution >= 0.6 is 11.8 Å². The van der Waals surface area contributed by atoms with Crippen molar-refractivity contribution in [1.82, 2.24) is 10.6 Å². The van der Waals surface area contributed by atoms with Crippen LogP contribution in [0.15, 0.2) is 29.2 Å². The van der Waals surface area contributed by atoms with E-state index in [1.54, 1.807) is 4.90 Å². The predicted molar refractivity (Wildman–Crippen MR) is 101 cm³/mol. The van der Waals surface area contributed by atoms with Gasteiger partial charge in [0.15, 0.2) is 6.61 Å². The van der Waals surface area contributed by atoms with Gasteiger partial charge in [-0.1, -0.05) is 12.1 Å². The molecule has 27 heavy (non-hydrogen) atoms. The number of fused-ring (bicyclic) bond motifs is 1. The monoisotopic (exact) mass is 393 g/mol. The molecule has 0 bridgehead atoms. The maximum absolute atomic E-state index is 12.1. The molecule has 1 heterocycles. The molecule has 0 spiro atoms. The third kappa shape index (κ3) is 6.59. The highest BCUT2D eigenvalue weighted by Gasteiger charge is 2.25. The summed E-state index contributed by atoms with van der Waals surface area (Å²) >= 11 is 1.47. The van der Waals surface area contributed by atoms with Crippen molar-refractivity contribution in [3.63, 3.8) is 0 Å². The molecule has 3 amide bonds. The van der Waals surface area contributed by atoms with Crippen molar-refractivity contribution < 1.29 is 23.9 Å². The maximum atomic E-state index is 12.1. The molecule has 0 aromatic heterocycles. The first kappa shape index (κ1) is 20.8. The van der Waals surface area contributed by atoms with E-state index in [2.05, 4.69) is 10.6 Å². The van der Waals surface area contributed by atoms with Crippen molar-refractivity contribution in [2.45, 2.75) is 31.2 Å². The summed E-state index contributed by atoms with van der Waals surface area (Å²) in [6.07, 6.45) is -0.0220. The van der Waals surface area contributed by atoms with Crippen LogP contribution in [-0.4, -0.2) is 55.2 Å². The summed E-state index contributed by atoms with van der Waals surface area (Å²) in [5.74, 6) is -1.20. The molecule has 1 aliphatic rings. The number of rotatable bonds is 8. The minimum atomic E-state index is -0.583. The quantitative estimate of drug-likeness (QED) is 0.630. The summed E-state index contributed by atoms with van der Waals surface area (Å²) in [7, 11) is 0. The van der Waals surface area contributed by atoms with Gasteiger partial charge < -0.3 is 20.3 Å². The largest absolute Gasteiger partial charge is 0.456 e. The van der Waals surface area contributed by atoms with Crippen LogP contribution in [0.25, 0.3) is 0 Å².